The van der Waals surface area contributed by atoms with E-state index in [2.05, 4.69) is 0 Å². The fourth-order valence-corrected chi connectivity index (χ4v) is 3.17. The summed E-state index contributed by atoms with van der Waals surface area (Å²) in [5.41, 5.74) is 1.80. The molecule has 23 heavy (non-hydrogen) atoms. The number of nitrogens with one attached hydrogen (secondary N) is 1. The van der Waals surface area contributed by atoms with Crippen LogP contribution in [0, 0.1) is 0 Å². The Balaban J connectivity index is 0.00000192. The number of amides is 1. The molecule has 0 radical (unpaired) electrons. The van der Waals surface area contributed by atoms with Gasteiger partial charge in [-0.15, -0.1) is 0 Å². The number of para-hydroxylation sites is 1. The van der Waals surface area contributed by atoms with E-state index in [-0.39, 0.29) is 18.3 Å². The molecular formula is C17H17Cl3N2O. The van der Waals surface area contributed by atoms with Crippen LogP contribution in [0.2, 0.25) is 10.0 Å². The van der Waals surface area contributed by atoms with Crippen LogP contribution >= 0.6 is 23.2 Å². The second-order valence-corrected chi connectivity index (χ2v) is 6.23. The molecule has 3 rings (SSSR count). The van der Waals surface area contributed by atoms with Crippen LogP contribution in [0.5, 0.6) is 0 Å². The molecule has 2 aromatic rings. The number of halogens is 3. The molecule has 3 nitrogen and oxygen atoms in total. The molecule has 0 atom stereocenters. The minimum absolute atomic E-state index is 0. The Kier molecular flexibility index (Phi) is 6.31. The average molecular weight is 372 g/mol. The molecule has 0 unspecified atom stereocenters. The van der Waals surface area contributed by atoms with Crippen molar-refractivity contribution in [2.75, 3.05) is 26.2 Å². The molecule has 0 aromatic heterocycles. The lowest BCUT2D eigenvalue weighted by Gasteiger charge is -2.32. The Morgan fingerprint density at radius 2 is 1.57 bits per heavy atom. The highest BCUT2D eigenvalue weighted by Gasteiger charge is 2.26. The van der Waals surface area contributed by atoms with E-state index < -0.39 is 0 Å². The van der Waals surface area contributed by atoms with Gasteiger partial charge in [-0.2, -0.15) is 0 Å². The maximum absolute atomic E-state index is 12.5. The van der Waals surface area contributed by atoms with Crippen molar-refractivity contribution in [3.05, 3.63) is 64.1 Å². The Bertz CT molecular complexity index is 668. The molecule has 0 aliphatic carbocycles. The summed E-state index contributed by atoms with van der Waals surface area (Å²) in [6, 6.07) is 14.9. The topological polar surface area (TPSA) is 24.8 Å². The van der Waals surface area contributed by atoms with E-state index in [0.717, 1.165) is 36.9 Å². The van der Waals surface area contributed by atoms with Crippen LogP contribution in [0.1, 0.15) is 10.4 Å². The van der Waals surface area contributed by atoms with E-state index in [1.165, 1.54) is 4.90 Å². The fraction of sp³-hybridized carbons (Fsp3) is 0.235. The van der Waals surface area contributed by atoms with Gasteiger partial charge in [-0.25, -0.2) is 0 Å². The summed E-state index contributed by atoms with van der Waals surface area (Å²) in [5.74, 6) is 0.0647. The first-order chi connectivity index (χ1) is 10.6. The van der Waals surface area contributed by atoms with Crippen molar-refractivity contribution in [3.63, 3.8) is 0 Å². The van der Waals surface area contributed by atoms with Crippen molar-refractivity contribution in [1.29, 1.82) is 0 Å². The number of hydrogen-bond acceptors (Lipinski definition) is 1. The number of quaternary nitrogens is 1. The minimum atomic E-state index is 0. The van der Waals surface area contributed by atoms with Crippen LogP contribution in [-0.4, -0.2) is 37.0 Å². The average Bonchev–Trinajstić information content (AvgIpc) is 2.56. The van der Waals surface area contributed by atoms with Crippen LogP contribution < -0.4 is 17.3 Å². The number of rotatable bonds is 2. The van der Waals surface area contributed by atoms with E-state index in [4.69, 9.17) is 23.2 Å². The first-order valence-electron chi connectivity index (χ1n) is 7.29. The highest BCUT2D eigenvalue weighted by molar-refractivity contribution is 6.32. The Morgan fingerprint density at radius 1 is 0.957 bits per heavy atom. The maximum atomic E-state index is 12.5. The normalized spacial score (nSPS) is 15.1. The zero-order valence-electron chi connectivity index (χ0n) is 12.4. The Hall–Kier alpha value is -1.26. The zero-order valence-corrected chi connectivity index (χ0v) is 14.7. The highest BCUT2D eigenvalue weighted by Crippen LogP contribution is 2.17. The standard InChI is InChI=1S/C17H16Cl2N2O.ClH/c18-14-7-5-13(6-8-14)17(22)21-11-9-20(10-12-21)16-4-2-1-3-15(16)19;/h1-8H,9-12H2;1H. The van der Waals surface area contributed by atoms with Crippen LogP contribution in [0.25, 0.3) is 0 Å². The molecule has 1 N–H and O–H groups in total. The van der Waals surface area contributed by atoms with Gasteiger partial charge in [0.1, 0.15) is 10.7 Å². The summed E-state index contributed by atoms with van der Waals surface area (Å²) in [5, 5.41) is 1.43. The second-order valence-electron chi connectivity index (χ2n) is 5.38. The maximum Gasteiger partial charge on any atom is 0.254 e. The summed E-state index contributed by atoms with van der Waals surface area (Å²) in [6.07, 6.45) is 0. The van der Waals surface area contributed by atoms with E-state index in [0.29, 0.717) is 10.6 Å². The third-order valence-electron chi connectivity index (χ3n) is 4.00. The number of carbonyl (C=O) groups is 1. The van der Waals surface area contributed by atoms with E-state index in [1.54, 1.807) is 24.3 Å². The number of benzene rings is 2. The molecular weight excluding hydrogens is 355 g/mol. The predicted molar refractivity (Wildman–Crippen MR) is 89.2 cm³/mol. The van der Waals surface area contributed by atoms with Gasteiger partial charge in [-0.3, -0.25) is 9.69 Å². The van der Waals surface area contributed by atoms with E-state index in [9.17, 15) is 4.79 Å². The van der Waals surface area contributed by atoms with Crippen LogP contribution in [-0.2, 0) is 0 Å². The molecule has 2 aromatic carbocycles. The van der Waals surface area contributed by atoms with E-state index in [1.807, 2.05) is 29.2 Å². The fourth-order valence-electron chi connectivity index (χ4n) is 2.77. The number of piperazine rings is 1. The summed E-state index contributed by atoms with van der Waals surface area (Å²) in [6.45, 7) is 3.18. The van der Waals surface area contributed by atoms with Crippen molar-refractivity contribution < 1.29 is 22.1 Å². The first-order valence-corrected chi connectivity index (χ1v) is 8.05. The van der Waals surface area contributed by atoms with Crippen LogP contribution in [0.3, 0.4) is 0 Å². The molecule has 0 saturated carbocycles. The SMILES string of the molecule is O=C(c1ccc(Cl)cc1)N1CC[NH+](c2ccccc2Cl)CC1.[Cl-]. The molecule has 1 heterocycles. The third-order valence-corrected chi connectivity index (χ3v) is 4.58. The summed E-state index contributed by atoms with van der Waals surface area (Å²) < 4.78 is 0. The van der Waals surface area contributed by atoms with Crippen molar-refractivity contribution >= 4 is 34.8 Å². The molecule has 0 spiro atoms. The number of carbonyl (C=O) groups excluding carboxylic acids is 1. The molecule has 1 aliphatic heterocycles. The van der Waals surface area contributed by atoms with Crippen LogP contribution in [0.15, 0.2) is 48.5 Å². The summed E-state index contributed by atoms with van der Waals surface area (Å²) in [4.78, 5) is 15.7. The van der Waals surface area contributed by atoms with Gasteiger partial charge in [-0.05, 0) is 30.3 Å². The quantitative estimate of drug-likeness (QED) is 0.768. The monoisotopic (exact) mass is 370 g/mol. The van der Waals surface area contributed by atoms with Gasteiger partial charge in [0.05, 0.1) is 26.2 Å². The Morgan fingerprint density at radius 3 is 2.17 bits per heavy atom. The highest BCUT2D eigenvalue weighted by atomic mass is 35.5. The van der Waals surface area contributed by atoms with Crippen molar-refractivity contribution in [1.82, 2.24) is 4.90 Å². The first kappa shape index (κ1) is 18.1. The molecule has 1 aliphatic rings. The number of nitrogens with zero attached hydrogens (tertiary/aromatic N) is 1. The number of hydrogen-bond donors (Lipinski definition) is 1. The molecule has 6 heteroatoms. The van der Waals surface area contributed by atoms with Crippen molar-refractivity contribution in [3.8, 4) is 0 Å². The molecule has 122 valence electrons. The predicted octanol–water partition coefficient (Wildman–Crippen LogP) is -0.330. The minimum Gasteiger partial charge on any atom is -1.00 e. The van der Waals surface area contributed by atoms with Gasteiger partial charge in [0.2, 0.25) is 0 Å². The second kappa shape index (κ2) is 8.02. The molecule has 0 bridgehead atoms. The summed E-state index contributed by atoms with van der Waals surface area (Å²) in [7, 11) is 0. The molecule has 1 amide bonds. The third kappa shape index (κ3) is 4.18. The van der Waals surface area contributed by atoms with Crippen molar-refractivity contribution in [2.24, 2.45) is 0 Å². The lowest BCUT2D eigenvalue weighted by atomic mass is 10.1. The van der Waals surface area contributed by atoms with Gasteiger partial charge in [0.25, 0.3) is 5.91 Å². The summed E-state index contributed by atoms with van der Waals surface area (Å²) >= 11 is 12.1. The zero-order chi connectivity index (χ0) is 15.5. The molecule has 1 fully saturated rings. The van der Waals surface area contributed by atoms with Crippen LogP contribution in [0.4, 0.5) is 5.69 Å². The lowest BCUT2D eigenvalue weighted by Crippen LogP contribution is -3.10. The van der Waals surface area contributed by atoms with Gasteiger partial charge in [-0.1, -0.05) is 35.3 Å². The smallest absolute Gasteiger partial charge is 0.254 e. The molecule has 1 saturated heterocycles. The van der Waals surface area contributed by atoms with Gasteiger partial charge >= 0.3 is 0 Å². The lowest BCUT2D eigenvalue weighted by molar-refractivity contribution is -0.837. The van der Waals surface area contributed by atoms with Crippen molar-refractivity contribution in [2.45, 2.75) is 0 Å². The van der Waals surface area contributed by atoms with Gasteiger partial charge in [0, 0.05) is 16.7 Å². The van der Waals surface area contributed by atoms with Gasteiger partial charge in [0.15, 0.2) is 0 Å². The largest absolute Gasteiger partial charge is 1.00 e. The van der Waals surface area contributed by atoms with E-state index >= 15 is 0 Å². The Labute approximate surface area is 152 Å². The van der Waals surface area contributed by atoms with Gasteiger partial charge < -0.3 is 17.3 Å².